The van der Waals surface area contributed by atoms with Crippen LogP contribution in [0.25, 0.3) is 0 Å². The Balaban J connectivity index is 2.43. The predicted molar refractivity (Wildman–Crippen MR) is 17.2 cm³/mol. The number of nitriles is 1. The van der Waals surface area contributed by atoms with E-state index in [0.717, 1.165) is 0 Å². The molecule has 0 spiro atoms. The second-order valence-corrected chi connectivity index (χ2v) is 1.68. The van der Waals surface area contributed by atoms with Crippen molar-refractivity contribution in [2.45, 2.75) is 5.71 Å². The van der Waals surface area contributed by atoms with Gasteiger partial charge in [0.15, 0.2) is 0 Å². The van der Waals surface area contributed by atoms with Crippen molar-refractivity contribution in [2.75, 3.05) is 0 Å². The van der Waals surface area contributed by atoms with E-state index in [1.54, 1.807) is 0 Å². The van der Waals surface area contributed by atoms with Gasteiger partial charge in [-0.2, -0.15) is 0 Å². The zero-order chi connectivity index (χ0) is 3.41. The summed E-state index contributed by atoms with van der Waals surface area (Å²) in [5.74, 6) is 0. The Bertz CT molecular complexity index is 35.8. The number of hydrogen-bond donors (Lipinski definition) is 0. The molecule has 0 atom stereocenters. The van der Waals surface area contributed by atoms with Gasteiger partial charge in [0, 0.05) is 0 Å². The van der Waals surface area contributed by atoms with Crippen LogP contribution in [0.2, 0.25) is 5.71 Å². The topological polar surface area (TPSA) is 23.8 Å². The molecule has 0 aromatic carbocycles. The van der Waals surface area contributed by atoms with Crippen LogP contribution in [0.4, 0.5) is 0 Å². The Hall–Kier alpha value is 0.0484. The average molecular weight is 116 g/mol. The molecule has 2 heteroatoms. The van der Waals surface area contributed by atoms with E-state index < -0.39 is 0 Å². The first kappa shape index (κ1) is 4.05. The third-order valence-electron chi connectivity index (χ3n) is 0.100. The minimum absolute atomic E-state index is 0.0208. The third kappa shape index (κ3) is 2.05. The standard InChI is InChI=1S/C2H3AsN/c1-3-2-4/h1H3. The van der Waals surface area contributed by atoms with Crippen LogP contribution >= 0.6 is 0 Å². The fourth-order valence-corrected chi connectivity index (χ4v) is 0. The van der Waals surface area contributed by atoms with Crippen molar-refractivity contribution in [3.8, 4) is 4.86 Å². The fourth-order valence-electron chi connectivity index (χ4n) is 0. The van der Waals surface area contributed by atoms with Crippen molar-refractivity contribution >= 4 is 15.8 Å². The molecule has 0 aliphatic rings. The van der Waals surface area contributed by atoms with E-state index in [1.807, 2.05) is 10.6 Å². The van der Waals surface area contributed by atoms with Gasteiger partial charge in [-0.15, -0.1) is 0 Å². The Morgan fingerprint density at radius 3 is 2.25 bits per heavy atom. The number of rotatable bonds is 0. The zero-order valence-electron chi connectivity index (χ0n) is 2.39. The van der Waals surface area contributed by atoms with Crippen LogP contribution in [0.1, 0.15) is 0 Å². The third-order valence-corrected chi connectivity index (χ3v) is 0.520. The molecular formula is C2H3AsN. The maximum absolute atomic E-state index is 7.67. The molecule has 0 amide bonds. The van der Waals surface area contributed by atoms with E-state index in [-0.39, 0.29) is 15.8 Å². The summed E-state index contributed by atoms with van der Waals surface area (Å²) in [4.78, 5) is 2.02. The van der Waals surface area contributed by atoms with Gasteiger partial charge in [-0.25, -0.2) is 0 Å². The molecule has 0 aromatic heterocycles. The van der Waals surface area contributed by atoms with Crippen LogP contribution < -0.4 is 0 Å². The SMILES string of the molecule is C[As]C#N. The van der Waals surface area contributed by atoms with Crippen molar-refractivity contribution in [2.24, 2.45) is 0 Å². The first-order valence-electron chi connectivity index (χ1n) is 0.894. The van der Waals surface area contributed by atoms with Gasteiger partial charge in [0.25, 0.3) is 0 Å². The molecule has 0 rings (SSSR count). The summed E-state index contributed by atoms with van der Waals surface area (Å²) in [5.41, 5.74) is 1.91. The molecule has 0 N–H and O–H groups in total. The molecule has 0 bridgehead atoms. The van der Waals surface area contributed by atoms with E-state index in [0.29, 0.717) is 0 Å². The molecule has 0 heterocycles. The Labute approximate surface area is 32.3 Å². The summed E-state index contributed by atoms with van der Waals surface area (Å²) in [5, 5.41) is 7.67. The monoisotopic (exact) mass is 116 g/mol. The molecular weight excluding hydrogens is 113 g/mol. The molecule has 0 unspecified atom stereocenters. The normalized spacial score (nSPS) is 8.00. The molecule has 4 heavy (non-hydrogen) atoms. The van der Waals surface area contributed by atoms with Crippen molar-refractivity contribution < 1.29 is 0 Å². The number of nitrogens with zero attached hydrogens (tertiary/aromatic N) is 1. The van der Waals surface area contributed by atoms with E-state index in [2.05, 4.69) is 0 Å². The van der Waals surface area contributed by atoms with E-state index in [9.17, 15) is 0 Å². The summed E-state index contributed by atoms with van der Waals surface area (Å²) < 4.78 is 0. The van der Waals surface area contributed by atoms with Crippen LogP contribution in [0.15, 0.2) is 0 Å². The van der Waals surface area contributed by atoms with Gasteiger partial charge >= 0.3 is 31.6 Å². The second-order valence-electron chi connectivity index (χ2n) is 0.324. The van der Waals surface area contributed by atoms with Gasteiger partial charge < -0.3 is 0 Å². The van der Waals surface area contributed by atoms with E-state index in [1.165, 1.54) is 0 Å². The first-order chi connectivity index (χ1) is 1.91. The van der Waals surface area contributed by atoms with Crippen LogP contribution in [-0.4, -0.2) is 15.8 Å². The van der Waals surface area contributed by atoms with Crippen LogP contribution in [0.5, 0.6) is 0 Å². The van der Waals surface area contributed by atoms with Crippen molar-refractivity contribution in [1.82, 2.24) is 0 Å². The van der Waals surface area contributed by atoms with Crippen molar-refractivity contribution in [1.29, 1.82) is 5.26 Å². The number of hydrogen-bond acceptors (Lipinski definition) is 1. The van der Waals surface area contributed by atoms with Crippen LogP contribution in [0.3, 0.4) is 0 Å². The molecule has 0 saturated carbocycles. The summed E-state index contributed by atoms with van der Waals surface area (Å²) in [7, 11) is 0. The Morgan fingerprint density at radius 1 is 2.00 bits per heavy atom. The summed E-state index contributed by atoms with van der Waals surface area (Å²) in [6.07, 6.45) is 0. The summed E-state index contributed by atoms with van der Waals surface area (Å²) in [6.45, 7) is 0. The van der Waals surface area contributed by atoms with Gasteiger partial charge in [-0.05, 0) is 0 Å². The second kappa shape index (κ2) is 3.05. The molecule has 0 aromatic rings. The van der Waals surface area contributed by atoms with Crippen LogP contribution in [0, 0.1) is 10.1 Å². The average Bonchev–Trinajstić information content (AvgIpc) is 1.37. The van der Waals surface area contributed by atoms with Crippen molar-refractivity contribution in [3.05, 3.63) is 0 Å². The fraction of sp³-hybridized carbons (Fsp3) is 0.500. The quantitative estimate of drug-likeness (QED) is 0.415. The molecule has 0 fully saturated rings. The summed E-state index contributed by atoms with van der Waals surface area (Å²) >= 11 is 0.0208. The van der Waals surface area contributed by atoms with Gasteiger partial charge in [0.05, 0.1) is 0 Å². The molecule has 0 aliphatic heterocycles. The molecule has 21 valence electrons. The molecule has 1 nitrogen and oxygen atoms in total. The first-order valence-corrected chi connectivity index (χ1v) is 3.71. The van der Waals surface area contributed by atoms with Gasteiger partial charge in [-0.1, -0.05) is 0 Å². The van der Waals surface area contributed by atoms with Crippen molar-refractivity contribution in [3.63, 3.8) is 0 Å². The molecule has 1 radical (unpaired) electrons. The minimum atomic E-state index is 0.0208. The van der Waals surface area contributed by atoms with E-state index >= 15 is 0 Å². The Morgan fingerprint density at radius 2 is 2.25 bits per heavy atom. The molecule has 0 saturated heterocycles. The molecule has 0 aliphatic carbocycles. The Kier molecular flexibility index (Phi) is 3.09. The van der Waals surface area contributed by atoms with Gasteiger partial charge in [0.2, 0.25) is 0 Å². The van der Waals surface area contributed by atoms with Gasteiger partial charge in [-0.3, -0.25) is 0 Å². The maximum atomic E-state index is 7.67. The van der Waals surface area contributed by atoms with Crippen LogP contribution in [-0.2, 0) is 0 Å². The summed E-state index contributed by atoms with van der Waals surface area (Å²) in [6, 6.07) is 0. The predicted octanol–water partition coefficient (Wildman–Crippen LogP) is 0.220. The van der Waals surface area contributed by atoms with E-state index in [4.69, 9.17) is 5.26 Å². The zero-order valence-corrected chi connectivity index (χ0v) is 4.27. The van der Waals surface area contributed by atoms with Gasteiger partial charge in [0.1, 0.15) is 0 Å².